The zero-order chi connectivity index (χ0) is 18.9. The highest BCUT2D eigenvalue weighted by Crippen LogP contribution is 2.24. The summed E-state index contributed by atoms with van der Waals surface area (Å²) in [6, 6.07) is 4.52. The summed E-state index contributed by atoms with van der Waals surface area (Å²) in [5.41, 5.74) is 1.03. The molecule has 0 atom stereocenters. The van der Waals surface area contributed by atoms with Gasteiger partial charge in [0.25, 0.3) is 12.3 Å². The van der Waals surface area contributed by atoms with Gasteiger partial charge in [-0.25, -0.2) is 21.9 Å². The third-order valence-corrected chi connectivity index (χ3v) is 6.22. The van der Waals surface area contributed by atoms with E-state index in [0.717, 1.165) is 12.8 Å². The molecule has 0 bridgehead atoms. The number of piperazine rings is 1. The van der Waals surface area contributed by atoms with Crippen molar-refractivity contribution in [1.29, 1.82) is 0 Å². The molecule has 26 heavy (non-hydrogen) atoms. The van der Waals surface area contributed by atoms with Gasteiger partial charge >= 0.3 is 0 Å². The number of nitrogens with one attached hydrogen (secondary N) is 1. The van der Waals surface area contributed by atoms with Crippen LogP contribution in [0.1, 0.15) is 28.8 Å². The SMILES string of the molecule is Cc1ccc(S(=O)(=O)NC2CC2)cc1C(=O)N1CCN(CC(F)F)CC1. The van der Waals surface area contributed by atoms with E-state index in [0.29, 0.717) is 37.3 Å². The average molecular weight is 387 g/mol. The van der Waals surface area contributed by atoms with Gasteiger partial charge in [-0.05, 0) is 37.5 Å². The molecule has 144 valence electrons. The van der Waals surface area contributed by atoms with E-state index < -0.39 is 16.4 Å². The molecule has 1 aromatic carbocycles. The van der Waals surface area contributed by atoms with Crippen LogP contribution in [0.4, 0.5) is 8.78 Å². The molecule has 1 aromatic rings. The van der Waals surface area contributed by atoms with Crippen LogP contribution in [0.5, 0.6) is 0 Å². The quantitative estimate of drug-likeness (QED) is 0.802. The number of aryl methyl sites for hydroxylation is 1. The predicted molar refractivity (Wildman–Crippen MR) is 92.9 cm³/mol. The zero-order valence-electron chi connectivity index (χ0n) is 14.6. The van der Waals surface area contributed by atoms with Crippen molar-refractivity contribution >= 4 is 15.9 Å². The summed E-state index contributed by atoms with van der Waals surface area (Å²) >= 11 is 0. The Balaban J connectivity index is 1.72. The van der Waals surface area contributed by atoms with Crippen LogP contribution in [0, 0.1) is 6.92 Å². The van der Waals surface area contributed by atoms with Gasteiger partial charge in [0.1, 0.15) is 0 Å². The summed E-state index contributed by atoms with van der Waals surface area (Å²) in [4.78, 5) is 16.1. The minimum Gasteiger partial charge on any atom is -0.336 e. The lowest BCUT2D eigenvalue weighted by Crippen LogP contribution is -2.49. The van der Waals surface area contributed by atoms with Gasteiger partial charge < -0.3 is 4.90 Å². The molecular weight excluding hydrogens is 364 g/mol. The Morgan fingerprint density at radius 3 is 2.46 bits per heavy atom. The van der Waals surface area contributed by atoms with Gasteiger partial charge in [-0.2, -0.15) is 0 Å². The van der Waals surface area contributed by atoms with E-state index in [1.54, 1.807) is 22.8 Å². The van der Waals surface area contributed by atoms with E-state index >= 15 is 0 Å². The van der Waals surface area contributed by atoms with Crippen LogP contribution in [0.2, 0.25) is 0 Å². The molecule has 3 rings (SSSR count). The molecule has 1 saturated heterocycles. The van der Waals surface area contributed by atoms with Crippen molar-refractivity contribution in [3.63, 3.8) is 0 Å². The first kappa shape index (κ1) is 19.2. The number of carbonyl (C=O) groups excluding carboxylic acids is 1. The maximum absolute atomic E-state index is 12.8. The van der Waals surface area contributed by atoms with Gasteiger partial charge in [-0.1, -0.05) is 6.07 Å². The molecule has 6 nitrogen and oxygen atoms in total. The molecule has 1 saturated carbocycles. The Labute approximate surface area is 152 Å². The average Bonchev–Trinajstić information content (AvgIpc) is 3.38. The fraction of sp³-hybridized carbons (Fsp3) is 0.588. The zero-order valence-corrected chi connectivity index (χ0v) is 15.4. The number of halogens is 2. The largest absolute Gasteiger partial charge is 0.336 e. The van der Waals surface area contributed by atoms with Crippen molar-refractivity contribution < 1.29 is 22.0 Å². The van der Waals surface area contributed by atoms with Crippen LogP contribution >= 0.6 is 0 Å². The summed E-state index contributed by atoms with van der Waals surface area (Å²) in [6.45, 7) is 2.93. The van der Waals surface area contributed by atoms with Gasteiger partial charge in [0.15, 0.2) is 0 Å². The van der Waals surface area contributed by atoms with Crippen LogP contribution in [0.3, 0.4) is 0 Å². The molecule has 1 aliphatic carbocycles. The smallest absolute Gasteiger partial charge is 0.254 e. The van der Waals surface area contributed by atoms with E-state index in [-0.39, 0.29) is 23.4 Å². The summed E-state index contributed by atoms with van der Waals surface area (Å²) in [5.74, 6) is -0.261. The summed E-state index contributed by atoms with van der Waals surface area (Å²) in [5, 5.41) is 0. The Bertz CT molecular complexity index is 773. The van der Waals surface area contributed by atoms with Gasteiger partial charge in [0.05, 0.1) is 11.4 Å². The van der Waals surface area contributed by atoms with E-state index in [2.05, 4.69) is 4.72 Å². The summed E-state index contributed by atoms with van der Waals surface area (Å²) in [6.07, 6.45) is -0.722. The molecule has 0 radical (unpaired) electrons. The van der Waals surface area contributed by atoms with Crippen LogP contribution in [0.25, 0.3) is 0 Å². The number of sulfonamides is 1. The second-order valence-corrected chi connectivity index (χ2v) is 8.57. The number of rotatable bonds is 6. The lowest BCUT2D eigenvalue weighted by atomic mass is 10.1. The maximum atomic E-state index is 12.8. The van der Waals surface area contributed by atoms with Crippen LogP contribution in [-0.4, -0.2) is 69.3 Å². The first-order valence-corrected chi connectivity index (χ1v) is 10.2. The Morgan fingerprint density at radius 1 is 1.23 bits per heavy atom. The number of hydrogen-bond donors (Lipinski definition) is 1. The van der Waals surface area contributed by atoms with Crippen molar-refractivity contribution in [1.82, 2.24) is 14.5 Å². The molecule has 1 amide bonds. The van der Waals surface area contributed by atoms with Crippen molar-refractivity contribution in [2.24, 2.45) is 0 Å². The van der Waals surface area contributed by atoms with Gasteiger partial charge in [0.2, 0.25) is 10.0 Å². The maximum Gasteiger partial charge on any atom is 0.254 e. The van der Waals surface area contributed by atoms with Gasteiger partial charge in [0, 0.05) is 37.8 Å². The lowest BCUT2D eigenvalue weighted by molar-refractivity contribution is 0.0458. The highest BCUT2D eigenvalue weighted by molar-refractivity contribution is 7.89. The van der Waals surface area contributed by atoms with Crippen molar-refractivity contribution in [3.05, 3.63) is 29.3 Å². The van der Waals surface area contributed by atoms with Crippen LogP contribution in [0.15, 0.2) is 23.1 Å². The van der Waals surface area contributed by atoms with Crippen LogP contribution < -0.4 is 4.72 Å². The van der Waals surface area contributed by atoms with Crippen molar-refractivity contribution in [2.75, 3.05) is 32.7 Å². The number of amides is 1. The molecule has 2 aliphatic rings. The molecule has 0 aromatic heterocycles. The molecular formula is C17H23F2N3O3S. The molecule has 0 unspecified atom stereocenters. The first-order chi connectivity index (χ1) is 12.3. The molecule has 1 heterocycles. The van der Waals surface area contributed by atoms with E-state index in [1.807, 2.05) is 0 Å². The third kappa shape index (κ3) is 4.57. The van der Waals surface area contributed by atoms with Gasteiger partial charge in [-0.15, -0.1) is 0 Å². The monoisotopic (exact) mass is 387 g/mol. The number of hydrogen-bond acceptors (Lipinski definition) is 4. The fourth-order valence-corrected chi connectivity index (χ4v) is 4.32. The number of alkyl halides is 2. The molecule has 0 spiro atoms. The molecule has 1 aliphatic heterocycles. The Hall–Kier alpha value is -1.58. The normalized spacial score (nSPS) is 19.2. The topological polar surface area (TPSA) is 69.7 Å². The standard InChI is InChI=1S/C17H23F2N3O3S/c1-12-2-5-14(26(24,25)20-13-3-4-13)10-15(12)17(23)22-8-6-21(7-9-22)11-16(18)19/h2,5,10,13,16,20H,3-4,6-9,11H2,1H3. The van der Waals surface area contributed by atoms with E-state index in [1.165, 1.54) is 12.1 Å². The minimum absolute atomic E-state index is 0.0108. The van der Waals surface area contributed by atoms with Gasteiger partial charge in [-0.3, -0.25) is 9.69 Å². The molecule has 2 fully saturated rings. The predicted octanol–water partition coefficient (Wildman–Crippen LogP) is 1.46. The van der Waals surface area contributed by atoms with E-state index in [9.17, 15) is 22.0 Å². The van der Waals surface area contributed by atoms with E-state index in [4.69, 9.17) is 0 Å². The Kier molecular flexibility index (Phi) is 5.59. The summed E-state index contributed by atoms with van der Waals surface area (Å²) in [7, 11) is -3.64. The second-order valence-electron chi connectivity index (χ2n) is 6.86. The Morgan fingerprint density at radius 2 is 1.88 bits per heavy atom. The second kappa shape index (κ2) is 7.58. The van der Waals surface area contributed by atoms with Crippen LogP contribution in [-0.2, 0) is 10.0 Å². The number of nitrogens with zero attached hydrogens (tertiary/aromatic N) is 2. The first-order valence-electron chi connectivity index (χ1n) is 8.69. The molecule has 1 N–H and O–H groups in total. The van der Waals surface area contributed by atoms with Crippen molar-refractivity contribution in [3.8, 4) is 0 Å². The minimum atomic E-state index is -3.64. The fourth-order valence-electron chi connectivity index (χ4n) is 2.99. The lowest BCUT2D eigenvalue weighted by Gasteiger charge is -2.34. The summed E-state index contributed by atoms with van der Waals surface area (Å²) < 4.78 is 52.3. The van der Waals surface area contributed by atoms with Crippen molar-refractivity contribution in [2.45, 2.75) is 37.1 Å². The molecule has 9 heteroatoms. The highest BCUT2D eigenvalue weighted by atomic mass is 32.2. The highest BCUT2D eigenvalue weighted by Gasteiger charge is 2.29. The number of benzene rings is 1. The number of carbonyl (C=O) groups is 1. The third-order valence-electron chi connectivity index (χ3n) is 4.70.